The molecule has 1 aromatic heterocycles. The summed E-state index contributed by atoms with van der Waals surface area (Å²) < 4.78 is 1.86. The van der Waals surface area contributed by atoms with Crippen LogP contribution in [-0.2, 0) is 12.7 Å². The first kappa shape index (κ1) is 11.2. The molecule has 0 saturated heterocycles. The van der Waals surface area contributed by atoms with E-state index in [1.165, 1.54) is 0 Å². The molecule has 3 rings (SSSR count). The van der Waals surface area contributed by atoms with Gasteiger partial charge in [0.25, 0.3) is 0 Å². The topological polar surface area (TPSA) is 106 Å². The first-order valence-corrected chi connectivity index (χ1v) is 5.92. The number of nitrogens with two attached hydrogens (primary N) is 2. The molecule has 0 spiro atoms. The van der Waals surface area contributed by atoms with Crippen molar-refractivity contribution < 1.29 is 0 Å². The van der Waals surface area contributed by atoms with Crippen molar-refractivity contribution in [3.8, 4) is 0 Å². The number of imidazole rings is 1. The summed E-state index contributed by atoms with van der Waals surface area (Å²) in [7, 11) is 1.91. The van der Waals surface area contributed by atoms with Crippen LogP contribution in [-0.4, -0.2) is 28.6 Å². The van der Waals surface area contributed by atoms with Crippen molar-refractivity contribution in [3.63, 3.8) is 0 Å². The zero-order chi connectivity index (χ0) is 12.8. The molecule has 0 amide bonds. The van der Waals surface area contributed by atoms with Crippen LogP contribution >= 0.6 is 0 Å². The maximum atomic E-state index is 6.46. The summed E-state index contributed by atoms with van der Waals surface area (Å²) in [4.78, 5) is 8.69. The quantitative estimate of drug-likeness (QED) is 0.493. The standard InChI is InChI=1S/C11H17N7/c1-18-5-9(15-6-18)11(13)7-4-14-3-2-8(7)16-10(12)17-11/h5-6,14H,2-4,13H2,1H3,(H3,12,16,17). The molecule has 3 heterocycles. The van der Waals surface area contributed by atoms with Gasteiger partial charge in [-0.15, -0.1) is 0 Å². The Morgan fingerprint density at radius 1 is 1.50 bits per heavy atom. The predicted octanol–water partition coefficient (Wildman–Crippen LogP) is -1.30. The summed E-state index contributed by atoms with van der Waals surface area (Å²) in [6.45, 7) is 1.61. The van der Waals surface area contributed by atoms with E-state index in [2.05, 4.69) is 20.6 Å². The summed E-state index contributed by atoms with van der Waals surface area (Å²) in [6, 6.07) is 0. The first-order chi connectivity index (χ1) is 8.59. The Balaban J connectivity index is 2.12. The van der Waals surface area contributed by atoms with Crippen molar-refractivity contribution in [1.82, 2.24) is 20.2 Å². The molecular weight excluding hydrogens is 230 g/mol. The molecule has 0 aliphatic carbocycles. The van der Waals surface area contributed by atoms with E-state index in [-0.39, 0.29) is 0 Å². The van der Waals surface area contributed by atoms with Crippen LogP contribution in [0.3, 0.4) is 0 Å². The lowest BCUT2D eigenvalue weighted by molar-refractivity contribution is 0.468. The fraction of sp³-hybridized carbons (Fsp3) is 0.455. The molecule has 96 valence electrons. The maximum Gasteiger partial charge on any atom is 0.195 e. The molecule has 0 radical (unpaired) electrons. The normalized spacial score (nSPS) is 27.6. The van der Waals surface area contributed by atoms with E-state index in [4.69, 9.17) is 11.5 Å². The zero-order valence-electron chi connectivity index (χ0n) is 10.3. The average molecular weight is 247 g/mol. The Bertz CT molecular complexity index is 541. The Morgan fingerprint density at radius 2 is 2.33 bits per heavy atom. The van der Waals surface area contributed by atoms with Crippen molar-refractivity contribution in [2.45, 2.75) is 12.1 Å². The Kier molecular flexibility index (Phi) is 2.39. The van der Waals surface area contributed by atoms with Crippen LogP contribution in [0.15, 0.2) is 28.8 Å². The third kappa shape index (κ3) is 1.59. The van der Waals surface area contributed by atoms with Gasteiger partial charge >= 0.3 is 0 Å². The zero-order valence-corrected chi connectivity index (χ0v) is 10.3. The highest BCUT2D eigenvalue weighted by atomic mass is 15.2. The minimum Gasteiger partial charge on any atom is -0.370 e. The van der Waals surface area contributed by atoms with E-state index in [9.17, 15) is 0 Å². The second kappa shape index (κ2) is 3.82. The molecule has 0 saturated carbocycles. The number of aryl methyl sites for hydroxylation is 1. The molecule has 18 heavy (non-hydrogen) atoms. The first-order valence-electron chi connectivity index (χ1n) is 5.92. The van der Waals surface area contributed by atoms with Gasteiger partial charge < -0.3 is 20.9 Å². The van der Waals surface area contributed by atoms with Gasteiger partial charge in [0.1, 0.15) is 5.69 Å². The van der Waals surface area contributed by atoms with E-state index >= 15 is 0 Å². The summed E-state index contributed by atoms with van der Waals surface area (Å²) in [5, 5.41) is 6.41. The molecule has 7 nitrogen and oxygen atoms in total. The lowest BCUT2D eigenvalue weighted by Gasteiger charge is -2.36. The monoisotopic (exact) mass is 247 g/mol. The molecule has 2 aliphatic heterocycles. The average Bonchev–Trinajstić information content (AvgIpc) is 2.76. The van der Waals surface area contributed by atoms with Gasteiger partial charge in [-0.05, 0) is 0 Å². The third-order valence-corrected chi connectivity index (χ3v) is 3.35. The lowest BCUT2D eigenvalue weighted by Crippen LogP contribution is -2.52. The number of aliphatic imine (C=N–C) groups is 1. The van der Waals surface area contributed by atoms with Gasteiger partial charge in [-0.25, -0.2) is 9.98 Å². The third-order valence-electron chi connectivity index (χ3n) is 3.35. The fourth-order valence-electron chi connectivity index (χ4n) is 2.45. The lowest BCUT2D eigenvalue weighted by atomic mass is 9.91. The van der Waals surface area contributed by atoms with Gasteiger partial charge in [-0.2, -0.15) is 0 Å². The SMILES string of the molecule is Cn1cnc(C2(N)N=C(N)NC3=C2CNCC3)c1. The summed E-state index contributed by atoms with van der Waals surface area (Å²) >= 11 is 0. The van der Waals surface area contributed by atoms with Crippen molar-refractivity contribution >= 4 is 5.96 Å². The van der Waals surface area contributed by atoms with Crippen LogP contribution in [0.25, 0.3) is 0 Å². The van der Waals surface area contributed by atoms with Crippen LogP contribution in [0.1, 0.15) is 12.1 Å². The number of aromatic nitrogens is 2. The summed E-state index contributed by atoms with van der Waals surface area (Å²) in [5.74, 6) is 0.351. The molecule has 0 bridgehead atoms. The summed E-state index contributed by atoms with van der Waals surface area (Å²) in [6.07, 6.45) is 4.47. The van der Waals surface area contributed by atoms with Gasteiger partial charge in [0.15, 0.2) is 11.6 Å². The molecule has 1 unspecified atom stereocenters. The van der Waals surface area contributed by atoms with Gasteiger partial charge in [0.05, 0.1) is 6.33 Å². The molecule has 6 N–H and O–H groups in total. The Hall–Kier alpha value is -1.86. The van der Waals surface area contributed by atoms with Crippen molar-refractivity contribution in [1.29, 1.82) is 0 Å². The van der Waals surface area contributed by atoms with E-state index in [1.807, 2.05) is 17.8 Å². The Labute approximate surface area is 105 Å². The van der Waals surface area contributed by atoms with Gasteiger partial charge in [-0.1, -0.05) is 0 Å². The number of nitrogens with one attached hydrogen (secondary N) is 2. The largest absolute Gasteiger partial charge is 0.370 e. The van der Waals surface area contributed by atoms with Crippen molar-refractivity contribution in [2.75, 3.05) is 13.1 Å². The number of hydrogen-bond acceptors (Lipinski definition) is 6. The second-order valence-electron chi connectivity index (χ2n) is 4.70. The van der Waals surface area contributed by atoms with Crippen molar-refractivity contribution in [3.05, 3.63) is 29.5 Å². The Morgan fingerprint density at radius 3 is 3.06 bits per heavy atom. The van der Waals surface area contributed by atoms with Gasteiger partial charge in [0.2, 0.25) is 0 Å². The number of guanidine groups is 1. The van der Waals surface area contributed by atoms with Crippen LogP contribution in [0, 0.1) is 0 Å². The maximum absolute atomic E-state index is 6.46. The van der Waals surface area contributed by atoms with Crippen LogP contribution in [0.2, 0.25) is 0 Å². The number of rotatable bonds is 1. The molecule has 1 aromatic rings. The van der Waals surface area contributed by atoms with Crippen LogP contribution < -0.4 is 22.1 Å². The molecule has 0 fully saturated rings. The molecular formula is C11H17N7. The highest BCUT2D eigenvalue weighted by Crippen LogP contribution is 2.32. The van der Waals surface area contributed by atoms with E-state index in [1.54, 1.807) is 6.33 Å². The highest BCUT2D eigenvalue weighted by molar-refractivity contribution is 5.82. The van der Waals surface area contributed by atoms with Gasteiger partial charge in [-0.3, -0.25) is 5.73 Å². The number of hydrogen-bond donors (Lipinski definition) is 4. The van der Waals surface area contributed by atoms with Crippen LogP contribution in [0.4, 0.5) is 0 Å². The second-order valence-corrected chi connectivity index (χ2v) is 4.70. The van der Waals surface area contributed by atoms with E-state index in [0.717, 1.165) is 24.2 Å². The predicted molar refractivity (Wildman–Crippen MR) is 68.3 cm³/mol. The highest BCUT2D eigenvalue weighted by Gasteiger charge is 2.39. The smallest absolute Gasteiger partial charge is 0.195 e. The van der Waals surface area contributed by atoms with Crippen molar-refractivity contribution in [2.24, 2.45) is 23.5 Å². The fourth-order valence-corrected chi connectivity index (χ4v) is 2.45. The minimum absolute atomic E-state index is 0.351. The van der Waals surface area contributed by atoms with Gasteiger partial charge in [0, 0.05) is 44.0 Å². The minimum atomic E-state index is -0.959. The van der Waals surface area contributed by atoms with Crippen LogP contribution in [0.5, 0.6) is 0 Å². The number of nitrogens with zero attached hydrogens (tertiary/aromatic N) is 3. The molecule has 7 heteroatoms. The molecule has 1 atom stereocenters. The summed E-state index contributed by atoms with van der Waals surface area (Å²) in [5.41, 5.74) is 14.1. The van der Waals surface area contributed by atoms with E-state index < -0.39 is 5.66 Å². The molecule has 2 aliphatic rings. The molecule has 0 aromatic carbocycles. The van der Waals surface area contributed by atoms with E-state index in [0.29, 0.717) is 18.2 Å².